The molecule has 0 aliphatic rings. The Kier molecular flexibility index (Phi) is 7.18. The highest BCUT2D eigenvalue weighted by Crippen LogP contribution is 2.25. The minimum Gasteiger partial charge on any atom is -0.467 e. The van der Waals surface area contributed by atoms with Gasteiger partial charge in [-0.2, -0.15) is 0 Å². The molecule has 1 N–H and O–H groups in total. The highest BCUT2D eigenvalue weighted by molar-refractivity contribution is 7.99. The standard InChI is InChI=1S/C26H26N4O3S/c1-18-10-11-19(2)23(15-18)30-13-12-27-26(30)34-17-24(31)29(3)22-9-5-4-8-21(22)25(32)28-16-20-7-6-14-33-20/h4-15H,16-17H2,1-3H3,(H,28,32). The number of nitrogens with one attached hydrogen (secondary N) is 1. The highest BCUT2D eigenvalue weighted by atomic mass is 32.2. The third-order valence-corrected chi connectivity index (χ3v) is 6.39. The molecule has 0 saturated carbocycles. The van der Waals surface area contributed by atoms with Crippen molar-refractivity contribution in [2.45, 2.75) is 25.5 Å². The van der Waals surface area contributed by atoms with Gasteiger partial charge in [0.1, 0.15) is 5.76 Å². The number of benzene rings is 2. The highest BCUT2D eigenvalue weighted by Gasteiger charge is 2.20. The van der Waals surface area contributed by atoms with Crippen molar-refractivity contribution in [3.63, 3.8) is 0 Å². The largest absolute Gasteiger partial charge is 0.467 e. The van der Waals surface area contributed by atoms with Crippen LogP contribution in [0.5, 0.6) is 0 Å². The molecule has 0 aliphatic carbocycles. The molecule has 0 bridgehead atoms. The molecule has 4 rings (SSSR count). The van der Waals surface area contributed by atoms with Crippen LogP contribution in [0.1, 0.15) is 27.2 Å². The fraction of sp³-hybridized carbons (Fsp3) is 0.192. The SMILES string of the molecule is Cc1ccc(C)c(-n2ccnc2SCC(=O)N(C)c2ccccc2C(=O)NCc2ccco2)c1. The van der Waals surface area contributed by atoms with Gasteiger partial charge >= 0.3 is 0 Å². The van der Waals surface area contributed by atoms with Crippen LogP contribution >= 0.6 is 11.8 Å². The Labute approximate surface area is 202 Å². The maximum absolute atomic E-state index is 13.0. The molecule has 2 aromatic carbocycles. The third-order valence-electron chi connectivity index (χ3n) is 5.44. The molecule has 34 heavy (non-hydrogen) atoms. The normalized spacial score (nSPS) is 10.8. The second-order valence-electron chi connectivity index (χ2n) is 7.89. The molecule has 7 nitrogen and oxygen atoms in total. The summed E-state index contributed by atoms with van der Waals surface area (Å²) in [5, 5.41) is 3.57. The van der Waals surface area contributed by atoms with Crippen molar-refractivity contribution in [3.05, 3.63) is 95.7 Å². The van der Waals surface area contributed by atoms with E-state index in [4.69, 9.17) is 4.42 Å². The predicted octanol–water partition coefficient (Wildman–Crippen LogP) is 4.77. The van der Waals surface area contributed by atoms with Crippen molar-refractivity contribution in [1.82, 2.24) is 14.9 Å². The van der Waals surface area contributed by atoms with Crippen LogP contribution in [0.25, 0.3) is 5.69 Å². The van der Waals surface area contributed by atoms with E-state index in [0.717, 1.165) is 22.0 Å². The third kappa shape index (κ3) is 5.23. The number of nitrogens with zero attached hydrogens (tertiary/aromatic N) is 3. The molecular formula is C26H26N4O3S. The van der Waals surface area contributed by atoms with Crippen molar-refractivity contribution in [2.24, 2.45) is 0 Å². The molecular weight excluding hydrogens is 448 g/mol. The van der Waals surface area contributed by atoms with Crippen LogP contribution in [-0.2, 0) is 11.3 Å². The Morgan fingerprint density at radius 3 is 2.74 bits per heavy atom. The first-order chi connectivity index (χ1) is 16.4. The molecule has 0 atom stereocenters. The fourth-order valence-electron chi connectivity index (χ4n) is 3.55. The van der Waals surface area contributed by atoms with Crippen LogP contribution in [0, 0.1) is 13.8 Å². The van der Waals surface area contributed by atoms with E-state index in [-0.39, 0.29) is 24.1 Å². The molecule has 0 fully saturated rings. The van der Waals surface area contributed by atoms with Gasteiger partial charge in [0.15, 0.2) is 5.16 Å². The Morgan fingerprint density at radius 1 is 1.12 bits per heavy atom. The number of rotatable bonds is 8. The lowest BCUT2D eigenvalue weighted by molar-refractivity contribution is -0.115. The van der Waals surface area contributed by atoms with Crippen LogP contribution in [0.15, 0.2) is 82.8 Å². The maximum atomic E-state index is 13.0. The molecule has 0 aliphatic heterocycles. The smallest absolute Gasteiger partial charge is 0.253 e. The minimum absolute atomic E-state index is 0.133. The van der Waals surface area contributed by atoms with E-state index in [1.165, 1.54) is 16.7 Å². The van der Waals surface area contributed by atoms with Gasteiger partial charge in [0, 0.05) is 19.4 Å². The van der Waals surface area contributed by atoms with Crippen LogP contribution < -0.4 is 10.2 Å². The summed E-state index contributed by atoms with van der Waals surface area (Å²) in [6.07, 6.45) is 5.19. The van der Waals surface area contributed by atoms with Gasteiger partial charge in [0.2, 0.25) is 5.91 Å². The molecule has 0 radical (unpaired) electrons. The number of hydrogen-bond donors (Lipinski definition) is 1. The molecule has 2 aromatic heterocycles. The van der Waals surface area contributed by atoms with E-state index in [0.29, 0.717) is 17.0 Å². The van der Waals surface area contributed by atoms with Gasteiger partial charge in [-0.3, -0.25) is 14.2 Å². The maximum Gasteiger partial charge on any atom is 0.253 e. The zero-order valence-corrected chi connectivity index (χ0v) is 20.1. The summed E-state index contributed by atoms with van der Waals surface area (Å²) < 4.78 is 7.26. The van der Waals surface area contributed by atoms with Crippen LogP contribution in [0.3, 0.4) is 0 Å². The summed E-state index contributed by atoms with van der Waals surface area (Å²) in [7, 11) is 1.68. The second-order valence-corrected chi connectivity index (χ2v) is 8.83. The lowest BCUT2D eigenvalue weighted by Crippen LogP contribution is -2.31. The fourth-order valence-corrected chi connectivity index (χ4v) is 4.43. The summed E-state index contributed by atoms with van der Waals surface area (Å²) >= 11 is 1.36. The number of carbonyl (C=O) groups is 2. The van der Waals surface area contributed by atoms with E-state index in [1.807, 2.05) is 23.8 Å². The summed E-state index contributed by atoms with van der Waals surface area (Å²) in [5.41, 5.74) is 4.29. The first-order valence-electron chi connectivity index (χ1n) is 10.8. The molecule has 0 saturated heterocycles. The van der Waals surface area contributed by atoms with Crippen molar-refractivity contribution in [2.75, 3.05) is 17.7 Å². The molecule has 4 aromatic rings. The van der Waals surface area contributed by atoms with Gasteiger partial charge in [0.25, 0.3) is 5.91 Å². The van der Waals surface area contributed by atoms with Crippen molar-refractivity contribution in [3.8, 4) is 5.69 Å². The average molecular weight is 475 g/mol. The first-order valence-corrected chi connectivity index (χ1v) is 11.8. The lowest BCUT2D eigenvalue weighted by atomic mass is 10.1. The van der Waals surface area contributed by atoms with Crippen LogP contribution in [0.4, 0.5) is 5.69 Å². The van der Waals surface area contributed by atoms with Crippen LogP contribution in [0.2, 0.25) is 0 Å². The number of aromatic nitrogens is 2. The van der Waals surface area contributed by atoms with Gasteiger partial charge in [-0.25, -0.2) is 4.98 Å². The lowest BCUT2D eigenvalue weighted by Gasteiger charge is -2.20. The first kappa shape index (κ1) is 23.4. The number of furan rings is 1. The number of anilines is 1. The Morgan fingerprint density at radius 2 is 1.94 bits per heavy atom. The van der Waals surface area contributed by atoms with Crippen LogP contribution in [-0.4, -0.2) is 34.2 Å². The molecule has 2 heterocycles. The average Bonchev–Trinajstić information content (AvgIpc) is 3.54. The number of imidazole rings is 1. The predicted molar refractivity (Wildman–Crippen MR) is 133 cm³/mol. The number of thioether (sulfide) groups is 1. The van der Waals surface area contributed by atoms with E-state index in [9.17, 15) is 9.59 Å². The van der Waals surface area contributed by atoms with Gasteiger partial charge < -0.3 is 14.6 Å². The second kappa shape index (κ2) is 10.4. The minimum atomic E-state index is -0.273. The van der Waals surface area contributed by atoms with Crippen molar-refractivity contribution < 1.29 is 14.0 Å². The van der Waals surface area contributed by atoms with Gasteiger partial charge in [-0.05, 0) is 55.3 Å². The zero-order valence-electron chi connectivity index (χ0n) is 19.3. The molecule has 174 valence electrons. The Bertz CT molecular complexity index is 1300. The quantitative estimate of drug-likeness (QED) is 0.372. The summed E-state index contributed by atoms with van der Waals surface area (Å²) in [6.45, 7) is 4.37. The van der Waals surface area contributed by atoms with E-state index >= 15 is 0 Å². The van der Waals surface area contributed by atoms with Crippen molar-refractivity contribution >= 4 is 29.3 Å². The monoisotopic (exact) mass is 474 g/mol. The zero-order chi connectivity index (χ0) is 24.1. The number of hydrogen-bond acceptors (Lipinski definition) is 5. The van der Waals surface area contributed by atoms with Gasteiger partial charge in [-0.15, -0.1) is 0 Å². The molecule has 2 amide bonds. The number of para-hydroxylation sites is 1. The van der Waals surface area contributed by atoms with E-state index < -0.39 is 0 Å². The number of carbonyl (C=O) groups excluding carboxylic acids is 2. The number of aryl methyl sites for hydroxylation is 2. The van der Waals surface area contributed by atoms with E-state index in [2.05, 4.69) is 35.4 Å². The van der Waals surface area contributed by atoms with Gasteiger partial charge in [-0.1, -0.05) is 36.0 Å². The van der Waals surface area contributed by atoms with Gasteiger partial charge in [0.05, 0.1) is 35.5 Å². The Hall–Kier alpha value is -3.78. The molecule has 0 spiro atoms. The summed E-state index contributed by atoms with van der Waals surface area (Å²) in [4.78, 5) is 31.8. The van der Waals surface area contributed by atoms with Crippen molar-refractivity contribution in [1.29, 1.82) is 0 Å². The summed E-state index contributed by atoms with van der Waals surface area (Å²) in [6, 6.07) is 16.9. The Balaban J connectivity index is 1.45. The molecule has 0 unspecified atom stereocenters. The summed E-state index contributed by atoms with van der Waals surface area (Å²) in [5.74, 6) is 0.434. The number of amides is 2. The molecule has 8 heteroatoms. The van der Waals surface area contributed by atoms with E-state index in [1.54, 1.807) is 49.8 Å². The topological polar surface area (TPSA) is 80.4 Å².